The molecule has 0 atom stereocenters. The summed E-state index contributed by atoms with van der Waals surface area (Å²) >= 11 is 11.0. The number of carbonyl (C=O) groups is 2. The number of benzene rings is 3. The average Bonchev–Trinajstić information content (AvgIpc) is 2.60. The fraction of sp³-hybridized carbons (Fsp3) is 0. The second-order valence-corrected chi connectivity index (χ2v) is 6.23. The van der Waals surface area contributed by atoms with E-state index in [9.17, 15) is 14.7 Å². The monoisotopic (exact) mass is 383 g/mol. The van der Waals surface area contributed by atoms with Crippen molar-refractivity contribution in [3.63, 3.8) is 0 Å². The molecule has 130 valence electrons. The SMILES string of the molecule is O=C([O-])c1ccc(NC(=S)NC(=O)c2cccc3ccccc23)cc1Cl. The van der Waals surface area contributed by atoms with Crippen LogP contribution < -0.4 is 15.7 Å². The lowest BCUT2D eigenvalue weighted by atomic mass is 10.0. The summed E-state index contributed by atoms with van der Waals surface area (Å²) in [7, 11) is 0. The Labute approximate surface area is 159 Å². The van der Waals surface area contributed by atoms with Crippen LogP contribution in [0.25, 0.3) is 10.8 Å². The van der Waals surface area contributed by atoms with Gasteiger partial charge >= 0.3 is 0 Å². The molecule has 0 saturated heterocycles. The lowest BCUT2D eigenvalue weighted by Crippen LogP contribution is -2.34. The van der Waals surface area contributed by atoms with Gasteiger partial charge < -0.3 is 15.2 Å². The number of hydrogen-bond donors (Lipinski definition) is 2. The maximum atomic E-state index is 12.5. The van der Waals surface area contributed by atoms with Gasteiger partial charge in [-0.05, 0) is 47.3 Å². The summed E-state index contributed by atoms with van der Waals surface area (Å²) in [6.45, 7) is 0. The van der Waals surface area contributed by atoms with E-state index in [1.54, 1.807) is 12.1 Å². The number of aromatic carboxylic acids is 1. The zero-order valence-electron chi connectivity index (χ0n) is 13.3. The molecule has 26 heavy (non-hydrogen) atoms. The van der Waals surface area contributed by atoms with Crippen LogP contribution in [0.1, 0.15) is 20.7 Å². The van der Waals surface area contributed by atoms with Crippen LogP contribution in [0.4, 0.5) is 5.69 Å². The number of nitrogens with one attached hydrogen (secondary N) is 2. The smallest absolute Gasteiger partial charge is 0.258 e. The third kappa shape index (κ3) is 3.82. The molecular weight excluding hydrogens is 372 g/mol. The predicted molar refractivity (Wildman–Crippen MR) is 103 cm³/mol. The Balaban J connectivity index is 1.74. The molecule has 3 aromatic rings. The maximum Gasteiger partial charge on any atom is 0.258 e. The summed E-state index contributed by atoms with van der Waals surface area (Å²) in [4.78, 5) is 23.4. The molecule has 0 heterocycles. The highest BCUT2D eigenvalue weighted by atomic mass is 35.5. The van der Waals surface area contributed by atoms with Gasteiger partial charge in [-0.25, -0.2) is 0 Å². The first-order valence-corrected chi connectivity index (χ1v) is 8.35. The summed E-state index contributed by atoms with van der Waals surface area (Å²) in [5, 5.41) is 18.1. The lowest BCUT2D eigenvalue weighted by Gasteiger charge is -2.12. The van der Waals surface area contributed by atoms with Gasteiger partial charge in [0.15, 0.2) is 5.11 Å². The molecular formula is C19H12ClN2O3S-. The molecule has 0 aliphatic rings. The minimum Gasteiger partial charge on any atom is -0.545 e. The van der Waals surface area contributed by atoms with Gasteiger partial charge in [0, 0.05) is 16.8 Å². The van der Waals surface area contributed by atoms with Crippen molar-refractivity contribution in [1.82, 2.24) is 5.32 Å². The van der Waals surface area contributed by atoms with E-state index in [1.165, 1.54) is 18.2 Å². The normalized spacial score (nSPS) is 10.3. The van der Waals surface area contributed by atoms with Crippen molar-refractivity contribution in [3.05, 3.63) is 76.8 Å². The van der Waals surface area contributed by atoms with Gasteiger partial charge in [-0.3, -0.25) is 10.1 Å². The van der Waals surface area contributed by atoms with Gasteiger partial charge in [0.1, 0.15) is 0 Å². The molecule has 1 amide bonds. The van der Waals surface area contributed by atoms with Crippen molar-refractivity contribution < 1.29 is 14.7 Å². The summed E-state index contributed by atoms with van der Waals surface area (Å²) < 4.78 is 0. The van der Waals surface area contributed by atoms with Crippen molar-refractivity contribution in [1.29, 1.82) is 0 Å². The molecule has 3 aromatic carbocycles. The van der Waals surface area contributed by atoms with Gasteiger partial charge in [-0.2, -0.15) is 0 Å². The van der Waals surface area contributed by atoms with Gasteiger partial charge in [-0.15, -0.1) is 0 Å². The van der Waals surface area contributed by atoms with Gasteiger partial charge in [0.05, 0.1) is 11.0 Å². The molecule has 0 fully saturated rings. The van der Waals surface area contributed by atoms with Gasteiger partial charge in [0.2, 0.25) is 0 Å². The van der Waals surface area contributed by atoms with Crippen LogP contribution in [0.15, 0.2) is 60.7 Å². The third-order valence-corrected chi connectivity index (χ3v) is 4.23. The minimum absolute atomic E-state index is 0.0122. The van der Waals surface area contributed by atoms with Crippen LogP contribution in [0.2, 0.25) is 5.02 Å². The number of hydrogen-bond acceptors (Lipinski definition) is 4. The number of anilines is 1. The molecule has 0 saturated carbocycles. The van der Waals surface area contributed by atoms with Crippen molar-refractivity contribution >= 4 is 57.3 Å². The molecule has 3 rings (SSSR count). The number of amides is 1. The maximum absolute atomic E-state index is 12.5. The fourth-order valence-electron chi connectivity index (χ4n) is 2.51. The fourth-order valence-corrected chi connectivity index (χ4v) is 2.98. The summed E-state index contributed by atoms with van der Waals surface area (Å²) in [6.07, 6.45) is 0. The van der Waals surface area contributed by atoms with Crippen molar-refractivity contribution in [2.24, 2.45) is 0 Å². The van der Waals surface area contributed by atoms with Crippen molar-refractivity contribution in [2.75, 3.05) is 5.32 Å². The van der Waals surface area contributed by atoms with E-state index < -0.39 is 5.97 Å². The Bertz CT molecular complexity index is 1030. The predicted octanol–water partition coefficient (Wildman–Crippen LogP) is 2.98. The first kappa shape index (κ1) is 17.8. The highest BCUT2D eigenvalue weighted by Gasteiger charge is 2.12. The molecule has 0 aliphatic heterocycles. The van der Waals surface area contributed by atoms with E-state index in [4.69, 9.17) is 23.8 Å². The number of thiocarbonyl (C=S) groups is 1. The second kappa shape index (κ2) is 7.51. The van der Waals surface area contributed by atoms with Crippen LogP contribution in [0.5, 0.6) is 0 Å². The largest absolute Gasteiger partial charge is 0.545 e. The molecule has 5 nitrogen and oxygen atoms in total. The van der Waals surface area contributed by atoms with E-state index >= 15 is 0 Å². The molecule has 0 aromatic heterocycles. The van der Waals surface area contributed by atoms with Crippen LogP contribution in [-0.4, -0.2) is 17.0 Å². The molecule has 7 heteroatoms. The Morgan fingerprint density at radius 2 is 1.69 bits per heavy atom. The van der Waals surface area contributed by atoms with E-state index in [0.717, 1.165) is 10.8 Å². The van der Waals surface area contributed by atoms with E-state index in [2.05, 4.69) is 10.6 Å². The Morgan fingerprint density at radius 3 is 2.42 bits per heavy atom. The molecule has 0 radical (unpaired) electrons. The Hall–Kier alpha value is -2.96. The highest BCUT2D eigenvalue weighted by molar-refractivity contribution is 7.80. The average molecular weight is 384 g/mol. The van der Waals surface area contributed by atoms with E-state index in [-0.39, 0.29) is 21.6 Å². The number of carbonyl (C=O) groups excluding carboxylic acids is 2. The topological polar surface area (TPSA) is 81.3 Å². The first-order valence-electron chi connectivity index (χ1n) is 7.56. The van der Waals surface area contributed by atoms with Crippen molar-refractivity contribution in [3.8, 4) is 0 Å². The minimum atomic E-state index is -1.37. The Morgan fingerprint density at radius 1 is 0.962 bits per heavy atom. The second-order valence-electron chi connectivity index (χ2n) is 5.42. The summed E-state index contributed by atoms with van der Waals surface area (Å²) in [5.41, 5.74) is 0.823. The zero-order chi connectivity index (χ0) is 18.7. The number of fused-ring (bicyclic) bond motifs is 1. The Kier molecular flexibility index (Phi) is 5.16. The van der Waals surface area contributed by atoms with Crippen LogP contribution in [0.3, 0.4) is 0 Å². The third-order valence-electron chi connectivity index (χ3n) is 3.71. The number of halogens is 1. The van der Waals surface area contributed by atoms with E-state index in [1.807, 2.05) is 30.3 Å². The molecule has 0 spiro atoms. The van der Waals surface area contributed by atoms with Crippen molar-refractivity contribution in [2.45, 2.75) is 0 Å². The molecule has 2 N–H and O–H groups in total. The lowest BCUT2D eigenvalue weighted by molar-refractivity contribution is -0.255. The van der Waals surface area contributed by atoms with Crippen LogP contribution in [0, 0.1) is 0 Å². The zero-order valence-corrected chi connectivity index (χ0v) is 14.9. The quantitative estimate of drug-likeness (QED) is 0.679. The number of carboxylic acid groups (broad SMARTS) is 1. The first-order chi connectivity index (χ1) is 12.5. The number of rotatable bonds is 3. The van der Waals surface area contributed by atoms with E-state index in [0.29, 0.717) is 11.3 Å². The standard InChI is InChI=1S/C19H13ClN2O3S/c20-16-10-12(8-9-15(16)18(24)25)21-19(26)22-17(23)14-7-3-5-11-4-1-2-6-13(11)14/h1-10H,(H,24,25)(H2,21,22,23,26)/p-1. The van der Waals surface area contributed by atoms with Gasteiger partial charge in [0.25, 0.3) is 5.91 Å². The number of carboxylic acids is 1. The van der Waals surface area contributed by atoms with Gasteiger partial charge in [-0.1, -0.05) is 48.0 Å². The van der Waals surface area contributed by atoms with Crippen LogP contribution >= 0.6 is 23.8 Å². The molecule has 0 unspecified atom stereocenters. The van der Waals surface area contributed by atoms with Crippen LogP contribution in [-0.2, 0) is 0 Å². The molecule has 0 bridgehead atoms. The molecule has 0 aliphatic carbocycles. The highest BCUT2D eigenvalue weighted by Crippen LogP contribution is 2.21. The summed E-state index contributed by atoms with van der Waals surface area (Å²) in [5.74, 6) is -1.72. The summed E-state index contributed by atoms with van der Waals surface area (Å²) in [6, 6.07) is 17.1.